The molecule has 0 aliphatic carbocycles. The molecule has 0 saturated carbocycles. The number of carbonyl (C=O) groups is 2. The predicted molar refractivity (Wildman–Crippen MR) is 97.7 cm³/mol. The SMILES string of the molecule is C=CCc1cc(C)ccc1OCCCN1CCOCC1.O=C(O)C(=O)O. The molecule has 26 heavy (non-hydrogen) atoms. The van der Waals surface area contributed by atoms with Crippen molar-refractivity contribution in [3.63, 3.8) is 0 Å². The number of allylic oxidation sites excluding steroid dienone is 1. The maximum atomic E-state index is 9.10. The van der Waals surface area contributed by atoms with Crippen molar-refractivity contribution >= 4 is 11.9 Å². The van der Waals surface area contributed by atoms with Gasteiger partial charge in [-0.05, 0) is 31.4 Å². The van der Waals surface area contributed by atoms with Gasteiger partial charge in [-0.15, -0.1) is 6.58 Å². The first-order valence-corrected chi connectivity index (χ1v) is 8.53. The van der Waals surface area contributed by atoms with Gasteiger partial charge in [0.05, 0.1) is 19.8 Å². The highest BCUT2D eigenvalue weighted by Crippen LogP contribution is 2.21. The number of carboxylic acid groups (broad SMARTS) is 2. The van der Waals surface area contributed by atoms with Crippen molar-refractivity contribution in [2.45, 2.75) is 19.8 Å². The lowest BCUT2D eigenvalue weighted by atomic mass is 10.1. The summed E-state index contributed by atoms with van der Waals surface area (Å²) in [4.78, 5) is 20.6. The topological polar surface area (TPSA) is 96.3 Å². The largest absolute Gasteiger partial charge is 0.493 e. The first kappa shape index (κ1) is 21.7. The van der Waals surface area contributed by atoms with Gasteiger partial charge in [-0.25, -0.2) is 9.59 Å². The van der Waals surface area contributed by atoms with Gasteiger partial charge in [0.25, 0.3) is 0 Å². The summed E-state index contributed by atoms with van der Waals surface area (Å²) in [7, 11) is 0. The summed E-state index contributed by atoms with van der Waals surface area (Å²) in [6, 6.07) is 6.35. The van der Waals surface area contributed by atoms with Gasteiger partial charge in [0, 0.05) is 19.6 Å². The van der Waals surface area contributed by atoms with Crippen LogP contribution in [-0.2, 0) is 20.7 Å². The van der Waals surface area contributed by atoms with Crippen LogP contribution in [0.2, 0.25) is 0 Å². The molecule has 144 valence electrons. The quantitative estimate of drug-likeness (QED) is 0.433. The molecule has 2 N–H and O–H groups in total. The zero-order valence-electron chi connectivity index (χ0n) is 15.1. The van der Waals surface area contributed by atoms with E-state index in [1.807, 2.05) is 6.08 Å². The molecule has 0 amide bonds. The standard InChI is InChI=1S/C17H25NO2.C2H2O4/c1-3-5-16-14-15(2)6-7-17(16)20-11-4-8-18-9-12-19-13-10-18;3-1(4)2(5)6/h3,6-7,14H,1,4-5,8-13H2,2H3;(H,3,4)(H,5,6). The van der Waals surface area contributed by atoms with Crippen molar-refractivity contribution in [3.05, 3.63) is 42.0 Å². The monoisotopic (exact) mass is 365 g/mol. The van der Waals surface area contributed by atoms with Crippen LogP contribution in [0.3, 0.4) is 0 Å². The molecule has 1 aromatic rings. The fourth-order valence-corrected chi connectivity index (χ4v) is 2.46. The van der Waals surface area contributed by atoms with Crippen molar-refractivity contribution in [2.75, 3.05) is 39.5 Å². The minimum absolute atomic E-state index is 0.768. The van der Waals surface area contributed by atoms with E-state index in [4.69, 9.17) is 29.3 Å². The van der Waals surface area contributed by atoms with Gasteiger partial charge in [-0.3, -0.25) is 4.90 Å². The Balaban J connectivity index is 0.000000487. The number of hydrogen-bond donors (Lipinski definition) is 2. The van der Waals surface area contributed by atoms with E-state index >= 15 is 0 Å². The Kier molecular flexibility index (Phi) is 10.0. The molecule has 0 spiro atoms. The molecule has 7 heteroatoms. The van der Waals surface area contributed by atoms with Crippen LogP contribution in [0.4, 0.5) is 0 Å². The van der Waals surface area contributed by atoms with Crippen LogP contribution in [-0.4, -0.2) is 66.5 Å². The van der Waals surface area contributed by atoms with Gasteiger partial charge in [0.15, 0.2) is 0 Å². The van der Waals surface area contributed by atoms with Crippen molar-refractivity contribution in [3.8, 4) is 5.75 Å². The third-order valence-electron chi connectivity index (χ3n) is 3.74. The highest BCUT2D eigenvalue weighted by molar-refractivity contribution is 6.27. The average molecular weight is 365 g/mol. The van der Waals surface area contributed by atoms with E-state index in [0.717, 1.165) is 58.0 Å². The lowest BCUT2D eigenvalue weighted by molar-refractivity contribution is -0.159. The molecule has 1 fully saturated rings. The molecule has 1 heterocycles. The van der Waals surface area contributed by atoms with E-state index in [0.29, 0.717) is 0 Å². The van der Waals surface area contributed by atoms with Gasteiger partial charge in [0.2, 0.25) is 0 Å². The fraction of sp³-hybridized carbons (Fsp3) is 0.474. The molecule has 1 saturated heterocycles. The highest BCUT2D eigenvalue weighted by atomic mass is 16.5. The van der Waals surface area contributed by atoms with E-state index in [-0.39, 0.29) is 0 Å². The number of rotatable bonds is 7. The van der Waals surface area contributed by atoms with E-state index in [1.165, 1.54) is 11.1 Å². The van der Waals surface area contributed by atoms with Gasteiger partial charge >= 0.3 is 11.9 Å². The number of hydrogen-bond acceptors (Lipinski definition) is 5. The van der Waals surface area contributed by atoms with Crippen LogP contribution in [0.25, 0.3) is 0 Å². The highest BCUT2D eigenvalue weighted by Gasteiger charge is 2.09. The molecule has 1 aliphatic rings. The van der Waals surface area contributed by atoms with E-state index in [2.05, 4.69) is 36.6 Å². The van der Waals surface area contributed by atoms with Crippen LogP contribution >= 0.6 is 0 Å². The number of aliphatic carboxylic acids is 2. The molecule has 0 bridgehead atoms. The van der Waals surface area contributed by atoms with Crippen LogP contribution in [0.1, 0.15) is 17.5 Å². The van der Waals surface area contributed by atoms with E-state index < -0.39 is 11.9 Å². The second kappa shape index (κ2) is 12.1. The summed E-state index contributed by atoms with van der Waals surface area (Å²) in [5.74, 6) is -2.65. The maximum absolute atomic E-state index is 9.10. The molecule has 0 atom stereocenters. The molecule has 7 nitrogen and oxygen atoms in total. The summed E-state index contributed by atoms with van der Waals surface area (Å²) >= 11 is 0. The van der Waals surface area contributed by atoms with E-state index in [1.54, 1.807) is 0 Å². The molecule has 1 aromatic carbocycles. The third kappa shape index (κ3) is 8.64. The fourth-order valence-electron chi connectivity index (χ4n) is 2.46. The first-order valence-electron chi connectivity index (χ1n) is 8.53. The molecular formula is C19H27NO6. The average Bonchev–Trinajstić information content (AvgIpc) is 2.62. The molecule has 0 radical (unpaired) electrons. The van der Waals surface area contributed by atoms with Crippen molar-refractivity contribution < 1.29 is 29.3 Å². The number of ether oxygens (including phenoxy) is 2. The Hall–Kier alpha value is -2.38. The molecule has 0 aromatic heterocycles. The maximum Gasteiger partial charge on any atom is 0.414 e. The Morgan fingerprint density at radius 3 is 2.50 bits per heavy atom. The number of benzene rings is 1. The Morgan fingerprint density at radius 1 is 1.27 bits per heavy atom. The normalized spacial score (nSPS) is 14.0. The second-order valence-electron chi connectivity index (χ2n) is 5.87. The van der Waals surface area contributed by atoms with Crippen molar-refractivity contribution in [1.82, 2.24) is 4.90 Å². The van der Waals surface area contributed by atoms with Crippen LogP contribution in [0.15, 0.2) is 30.9 Å². The molecule has 1 aliphatic heterocycles. The molecule has 2 rings (SSSR count). The summed E-state index contributed by atoms with van der Waals surface area (Å²) in [5, 5.41) is 14.8. The first-order chi connectivity index (χ1) is 12.4. The van der Waals surface area contributed by atoms with Gasteiger partial charge in [-0.1, -0.05) is 23.8 Å². The number of aryl methyl sites for hydroxylation is 1. The third-order valence-corrected chi connectivity index (χ3v) is 3.74. The number of morpholine rings is 1. The Labute approximate surface area is 153 Å². The Morgan fingerprint density at radius 2 is 1.92 bits per heavy atom. The second-order valence-corrected chi connectivity index (χ2v) is 5.87. The zero-order chi connectivity index (χ0) is 19.4. The van der Waals surface area contributed by atoms with Gasteiger partial charge in [-0.2, -0.15) is 0 Å². The Bertz CT molecular complexity index is 584. The van der Waals surface area contributed by atoms with E-state index in [9.17, 15) is 0 Å². The van der Waals surface area contributed by atoms with Crippen LogP contribution < -0.4 is 4.74 Å². The van der Waals surface area contributed by atoms with Crippen LogP contribution in [0.5, 0.6) is 5.75 Å². The lowest BCUT2D eigenvalue weighted by Gasteiger charge is -2.26. The predicted octanol–water partition coefficient (Wildman–Crippen LogP) is 1.98. The number of nitrogens with zero attached hydrogens (tertiary/aromatic N) is 1. The minimum Gasteiger partial charge on any atom is -0.493 e. The minimum atomic E-state index is -1.82. The number of carboxylic acids is 2. The smallest absolute Gasteiger partial charge is 0.414 e. The molecular weight excluding hydrogens is 338 g/mol. The summed E-state index contributed by atoms with van der Waals surface area (Å²) in [6.07, 6.45) is 3.84. The summed E-state index contributed by atoms with van der Waals surface area (Å²) in [6.45, 7) is 11.6. The van der Waals surface area contributed by atoms with Gasteiger partial charge in [0.1, 0.15) is 5.75 Å². The zero-order valence-corrected chi connectivity index (χ0v) is 15.1. The van der Waals surface area contributed by atoms with Crippen molar-refractivity contribution in [1.29, 1.82) is 0 Å². The summed E-state index contributed by atoms with van der Waals surface area (Å²) < 4.78 is 11.3. The van der Waals surface area contributed by atoms with Crippen molar-refractivity contribution in [2.24, 2.45) is 0 Å². The van der Waals surface area contributed by atoms with Gasteiger partial charge < -0.3 is 19.7 Å². The molecule has 0 unspecified atom stereocenters. The lowest BCUT2D eigenvalue weighted by Crippen LogP contribution is -2.37. The van der Waals surface area contributed by atoms with Crippen LogP contribution in [0, 0.1) is 6.92 Å². The summed E-state index contributed by atoms with van der Waals surface area (Å²) in [5.41, 5.74) is 2.49.